The number of benzene rings is 1. The number of rotatable bonds is 2. The molecule has 0 spiro atoms. The van der Waals surface area contributed by atoms with Gasteiger partial charge < -0.3 is 15.6 Å². The largest absolute Gasteiger partial charge is 0.430 e. The van der Waals surface area contributed by atoms with E-state index in [4.69, 9.17) is 22.1 Å². The number of aliphatic hydroxyl groups is 1. The van der Waals surface area contributed by atoms with Gasteiger partial charge in [-0.2, -0.15) is 0 Å². The highest BCUT2D eigenvalue weighted by molar-refractivity contribution is 6.31. The van der Waals surface area contributed by atoms with Crippen LogP contribution in [0, 0.1) is 0 Å². The molecule has 1 amide bonds. The van der Waals surface area contributed by atoms with Gasteiger partial charge in [-0.15, -0.1) is 0 Å². The molecule has 0 heterocycles. The van der Waals surface area contributed by atoms with Crippen molar-refractivity contribution in [1.82, 2.24) is 0 Å². The number of hydrogen-bond donors (Lipinski definition) is 2. The molecule has 1 aliphatic rings. The maximum Gasteiger partial charge on any atom is 0.405 e. The van der Waals surface area contributed by atoms with E-state index < -0.39 is 23.6 Å². The first-order valence-corrected chi connectivity index (χ1v) is 6.31. The Labute approximate surface area is 115 Å². The number of carbonyl (C=O) groups is 2. The fourth-order valence-corrected chi connectivity index (χ4v) is 2.74. The Bertz CT molecular complexity index is 519. The lowest BCUT2D eigenvalue weighted by Gasteiger charge is -2.37. The van der Waals surface area contributed by atoms with Gasteiger partial charge in [-0.3, -0.25) is 4.79 Å². The van der Waals surface area contributed by atoms with Gasteiger partial charge in [0.1, 0.15) is 6.10 Å². The summed E-state index contributed by atoms with van der Waals surface area (Å²) in [5.41, 5.74) is 3.84. The van der Waals surface area contributed by atoms with Crippen LogP contribution >= 0.6 is 11.6 Å². The summed E-state index contributed by atoms with van der Waals surface area (Å²) in [6.45, 7) is 0. The molecule has 0 bridgehead atoms. The Morgan fingerprint density at radius 3 is 2.79 bits per heavy atom. The lowest BCUT2D eigenvalue weighted by Crippen LogP contribution is -2.50. The van der Waals surface area contributed by atoms with E-state index in [0.29, 0.717) is 23.4 Å². The van der Waals surface area contributed by atoms with Crippen LogP contribution in [-0.4, -0.2) is 23.1 Å². The quantitative estimate of drug-likeness (QED) is 0.865. The second-order valence-electron chi connectivity index (χ2n) is 4.50. The van der Waals surface area contributed by atoms with Gasteiger partial charge in [0.2, 0.25) is 11.4 Å². The summed E-state index contributed by atoms with van der Waals surface area (Å²) in [5.74, 6) is -0.578. The van der Waals surface area contributed by atoms with Crippen LogP contribution in [0.4, 0.5) is 4.79 Å². The second kappa shape index (κ2) is 5.19. The SMILES string of the molecule is NC(=O)O[C@@]1(c2ccccc2Cl)CCC[C@@H](O)C1=O. The second-order valence-corrected chi connectivity index (χ2v) is 4.91. The third kappa shape index (κ3) is 2.43. The molecule has 102 valence electrons. The van der Waals surface area contributed by atoms with E-state index in [0.717, 1.165) is 0 Å². The van der Waals surface area contributed by atoms with Crippen LogP contribution in [0.5, 0.6) is 0 Å². The summed E-state index contributed by atoms with van der Waals surface area (Å²) in [5, 5.41) is 10.1. The first kappa shape index (κ1) is 13.8. The van der Waals surface area contributed by atoms with Crippen molar-refractivity contribution in [1.29, 1.82) is 0 Å². The Morgan fingerprint density at radius 1 is 1.47 bits per heavy atom. The molecular weight excluding hydrogens is 270 g/mol. The number of nitrogens with two attached hydrogens (primary N) is 1. The molecule has 1 aromatic rings. The Morgan fingerprint density at radius 2 is 2.16 bits per heavy atom. The zero-order valence-corrected chi connectivity index (χ0v) is 10.9. The topological polar surface area (TPSA) is 89.6 Å². The first-order valence-electron chi connectivity index (χ1n) is 5.93. The zero-order valence-electron chi connectivity index (χ0n) is 10.1. The van der Waals surface area contributed by atoms with Crippen molar-refractivity contribution in [3.63, 3.8) is 0 Å². The normalized spacial score (nSPS) is 27.1. The van der Waals surface area contributed by atoms with Crippen molar-refractivity contribution in [2.24, 2.45) is 5.73 Å². The van der Waals surface area contributed by atoms with Gasteiger partial charge in [-0.1, -0.05) is 29.8 Å². The maximum atomic E-state index is 12.3. The molecule has 1 saturated carbocycles. The number of ether oxygens (including phenoxy) is 1. The van der Waals surface area contributed by atoms with Crippen LogP contribution in [0.25, 0.3) is 0 Å². The number of amides is 1. The Balaban J connectivity index is 2.54. The molecule has 0 aromatic heterocycles. The van der Waals surface area contributed by atoms with Crippen LogP contribution < -0.4 is 5.73 Å². The van der Waals surface area contributed by atoms with Crippen LogP contribution in [0.1, 0.15) is 24.8 Å². The minimum atomic E-state index is -1.58. The Hall–Kier alpha value is -1.59. The molecule has 19 heavy (non-hydrogen) atoms. The molecule has 6 heteroatoms. The average Bonchev–Trinajstić information content (AvgIpc) is 2.35. The molecular formula is C13H14ClNO4. The maximum absolute atomic E-state index is 12.3. The van der Waals surface area contributed by atoms with E-state index in [1.807, 2.05) is 0 Å². The molecule has 1 aliphatic carbocycles. The molecule has 2 rings (SSSR count). The van der Waals surface area contributed by atoms with Gasteiger partial charge in [0.25, 0.3) is 0 Å². The fraction of sp³-hybridized carbons (Fsp3) is 0.385. The summed E-state index contributed by atoms with van der Waals surface area (Å²) < 4.78 is 5.07. The van der Waals surface area contributed by atoms with Crippen molar-refractivity contribution in [3.8, 4) is 0 Å². The number of halogens is 1. The van der Waals surface area contributed by atoms with E-state index in [-0.39, 0.29) is 6.42 Å². The monoisotopic (exact) mass is 283 g/mol. The molecule has 1 fully saturated rings. The van der Waals surface area contributed by atoms with Gasteiger partial charge in [0.05, 0.1) is 0 Å². The third-order valence-electron chi connectivity index (χ3n) is 3.29. The summed E-state index contributed by atoms with van der Waals surface area (Å²) >= 11 is 6.08. The lowest BCUT2D eigenvalue weighted by atomic mass is 9.77. The van der Waals surface area contributed by atoms with Crippen LogP contribution in [0.15, 0.2) is 24.3 Å². The molecule has 0 aliphatic heterocycles. The van der Waals surface area contributed by atoms with Gasteiger partial charge in [-0.25, -0.2) is 4.79 Å². The van der Waals surface area contributed by atoms with Gasteiger partial charge >= 0.3 is 6.09 Å². The fourth-order valence-electron chi connectivity index (χ4n) is 2.45. The minimum Gasteiger partial charge on any atom is -0.430 e. The smallest absolute Gasteiger partial charge is 0.405 e. The summed E-state index contributed by atoms with van der Waals surface area (Å²) in [4.78, 5) is 23.4. The van der Waals surface area contributed by atoms with Crippen molar-refractivity contribution >= 4 is 23.5 Å². The summed E-state index contributed by atoms with van der Waals surface area (Å²) in [7, 11) is 0. The van der Waals surface area contributed by atoms with Crippen LogP contribution in [0.2, 0.25) is 5.02 Å². The molecule has 0 unspecified atom stereocenters. The number of aliphatic hydroxyl groups excluding tert-OH is 1. The van der Waals surface area contributed by atoms with Crippen molar-refractivity contribution in [3.05, 3.63) is 34.9 Å². The first-order chi connectivity index (χ1) is 8.97. The number of Topliss-reactive ketones (excluding diaryl/α,β-unsaturated/α-hetero) is 1. The third-order valence-corrected chi connectivity index (χ3v) is 3.62. The molecule has 3 N–H and O–H groups in total. The standard InChI is InChI=1S/C13H14ClNO4/c14-9-5-2-1-4-8(9)13(19-12(15)18)7-3-6-10(16)11(13)17/h1-2,4-5,10,16H,3,6-7H2,(H2,15,18)/t10-,13-/m1/s1. The highest BCUT2D eigenvalue weighted by Crippen LogP contribution is 2.41. The summed E-state index contributed by atoms with van der Waals surface area (Å²) in [6, 6.07) is 6.58. The minimum absolute atomic E-state index is 0.259. The van der Waals surface area contributed by atoms with E-state index in [1.54, 1.807) is 24.3 Å². The van der Waals surface area contributed by atoms with Crippen molar-refractivity contribution in [2.75, 3.05) is 0 Å². The van der Waals surface area contributed by atoms with Gasteiger partial charge in [0, 0.05) is 10.6 Å². The molecule has 2 atom stereocenters. The van der Waals surface area contributed by atoms with Crippen molar-refractivity contribution in [2.45, 2.75) is 31.0 Å². The van der Waals surface area contributed by atoms with Gasteiger partial charge in [0.15, 0.2) is 0 Å². The predicted molar refractivity (Wildman–Crippen MR) is 68.7 cm³/mol. The number of carbonyl (C=O) groups excluding carboxylic acids is 2. The average molecular weight is 284 g/mol. The number of primary amides is 1. The van der Waals surface area contributed by atoms with E-state index in [2.05, 4.69) is 0 Å². The predicted octanol–water partition coefficient (Wildman–Crippen LogP) is 1.74. The highest BCUT2D eigenvalue weighted by atomic mass is 35.5. The molecule has 0 saturated heterocycles. The molecule has 1 aromatic carbocycles. The summed E-state index contributed by atoms with van der Waals surface area (Å²) in [6.07, 6.45) is -1.11. The van der Waals surface area contributed by atoms with Crippen LogP contribution in [-0.2, 0) is 15.1 Å². The van der Waals surface area contributed by atoms with E-state index in [1.165, 1.54) is 0 Å². The number of ketones is 1. The van der Waals surface area contributed by atoms with Crippen molar-refractivity contribution < 1.29 is 19.4 Å². The number of hydrogen-bond acceptors (Lipinski definition) is 4. The van der Waals surface area contributed by atoms with E-state index >= 15 is 0 Å². The lowest BCUT2D eigenvalue weighted by molar-refractivity contribution is -0.153. The highest BCUT2D eigenvalue weighted by Gasteiger charge is 2.49. The molecule has 5 nitrogen and oxygen atoms in total. The zero-order chi connectivity index (χ0) is 14.0. The van der Waals surface area contributed by atoms with Crippen LogP contribution in [0.3, 0.4) is 0 Å². The Kier molecular flexibility index (Phi) is 3.78. The molecule has 0 radical (unpaired) electrons. The van der Waals surface area contributed by atoms with E-state index in [9.17, 15) is 14.7 Å². The van der Waals surface area contributed by atoms with Gasteiger partial charge in [-0.05, 0) is 25.3 Å².